The van der Waals surface area contributed by atoms with E-state index in [4.69, 9.17) is 11.6 Å². The van der Waals surface area contributed by atoms with Gasteiger partial charge in [0.25, 0.3) is 0 Å². The maximum atomic E-state index is 12.3. The summed E-state index contributed by atoms with van der Waals surface area (Å²) in [5, 5.41) is 5.44. The molecule has 27 heavy (non-hydrogen) atoms. The minimum atomic E-state index is -3.44. The van der Waals surface area contributed by atoms with Gasteiger partial charge in [-0.25, -0.2) is 13.4 Å². The van der Waals surface area contributed by atoms with Gasteiger partial charge in [-0.2, -0.15) is 0 Å². The number of pyridine rings is 1. The van der Waals surface area contributed by atoms with Gasteiger partial charge < -0.3 is 5.32 Å². The third-order valence-electron chi connectivity index (χ3n) is 3.67. The summed E-state index contributed by atoms with van der Waals surface area (Å²) in [5.74, 6) is -0.387. The molecule has 1 N–H and O–H groups in total. The summed E-state index contributed by atoms with van der Waals surface area (Å²) < 4.78 is 24.5. The summed E-state index contributed by atoms with van der Waals surface area (Å²) in [7, 11) is -3.44. The van der Waals surface area contributed by atoms with Gasteiger partial charge in [-0.05, 0) is 42.8 Å². The first-order valence-electron chi connectivity index (χ1n) is 8.09. The Morgan fingerprint density at radius 3 is 2.59 bits per heavy atom. The molecule has 0 radical (unpaired) electrons. The second-order valence-corrected chi connectivity index (χ2v) is 9.08. The Labute approximate surface area is 166 Å². The van der Waals surface area contributed by atoms with Gasteiger partial charge in [0, 0.05) is 23.0 Å². The summed E-state index contributed by atoms with van der Waals surface area (Å²) in [6.07, 6.45) is 1.98. The average Bonchev–Trinajstić information content (AvgIpc) is 3.11. The zero-order valence-electron chi connectivity index (χ0n) is 14.1. The molecule has 0 aliphatic heterocycles. The molecule has 0 saturated heterocycles. The van der Waals surface area contributed by atoms with E-state index < -0.39 is 9.84 Å². The highest BCUT2D eigenvalue weighted by Crippen LogP contribution is 2.23. The van der Waals surface area contributed by atoms with E-state index in [1.807, 2.05) is 23.6 Å². The van der Waals surface area contributed by atoms with Gasteiger partial charge in [0.1, 0.15) is 5.69 Å². The number of benzene rings is 1. The van der Waals surface area contributed by atoms with E-state index in [0.717, 1.165) is 5.69 Å². The van der Waals surface area contributed by atoms with Crippen molar-refractivity contribution in [2.45, 2.75) is 17.7 Å². The fourth-order valence-electron chi connectivity index (χ4n) is 2.33. The van der Waals surface area contributed by atoms with Crippen molar-refractivity contribution in [3.05, 3.63) is 59.1 Å². The molecule has 1 aromatic carbocycles. The minimum Gasteiger partial charge on any atom is -0.302 e. The number of amides is 1. The van der Waals surface area contributed by atoms with Gasteiger partial charge in [0.05, 0.1) is 16.3 Å². The van der Waals surface area contributed by atoms with Crippen LogP contribution in [0.2, 0.25) is 5.02 Å². The number of thiazole rings is 1. The molecule has 0 fully saturated rings. The van der Waals surface area contributed by atoms with Crippen molar-refractivity contribution in [2.24, 2.45) is 0 Å². The maximum absolute atomic E-state index is 12.3. The molecule has 2 aromatic heterocycles. The van der Waals surface area contributed by atoms with Crippen molar-refractivity contribution in [1.82, 2.24) is 9.97 Å². The van der Waals surface area contributed by atoms with Crippen LogP contribution in [0.5, 0.6) is 0 Å². The smallest absolute Gasteiger partial charge is 0.226 e. The Kier molecular flexibility index (Phi) is 6.20. The van der Waals surface area contributed by atoms with E-state index in [1.54, 1.807) is 6.20 Å². The summed E-state index contributed by atoms with van der Waals surface area (Å²) >= 11 is 7.07. The third-order valence-corrected chi connectivity index (χ3v) is 6.49. The normalized spacial score (nSPS) is 11.3. The van der Waals surface area contributed by atoms with Crippen LogP contribution in [0.3, 0.4) is 0 Å². The highest BCUT2D eigenvalue weighted by Gasteiger charge is 2.15. The Morgan fingerprint density at radius 2 is 1.89 bits per heavy atom. The van der Waals surface area contributed by atoms with Crippen molar-refractivity contribution in [1.29, 1.82) is 0 Å². The summed E-state index contributed by atoms with van der Waals surface area (Å²) in [5.41, 5.74) is 1.41. The monoisotopic (exact) mass is 421 g/mol. The first kappa shape index (κ1) is 19.5. The molecule has 2 heterocycles. The second-order valence-electron chi connectivity index (χ2n) is 5.68. The lowest BCUT2D eigenvalue weighted by atomic mass is 10.3. The van der Waals surface area contributed by atoms with Crippen LogP contribution in [0.15, 0.2) is 58.9 Å². The number of carbonyl (C=O) groups is 1. The highest BCUT2D eigenvalue weighted by molar-refractivity contribution is 7.91. The van der Waals surface area contributed by atoms with E-state index >= 15 is 0 Å². The molecule has 0 aliphatic carbocycles. The predicted octanol–water partition coefficient (Wildman–Crippen LogP) is 4.05. The summed E-state index contributed by atoms with van der Waals surface area (Å²) in [6, 6.07) is 11.5. The van der Waals surface area contributed by atoms with Crippen molar-refractivity contribution in [2.75, 3.05) is 11.1 Å². The third kappa shape index (κ3) is 5.35. The van der Waals surface area contributed by atoms with Crippen molar-refractivity contribution in [3.63, 3.8) is 0 Å². The largest absolute Gasteiger partial charge is 0.302 e. The number of hydrogen-bond donors (Lipinski definition) is 1. The van der Waals surface area contributed by atoms with Crippen molar-refractivity contribution < 1.29 is 13.2 Å². The molecule has 0 saturated carbocycles. The highest BCUT2D eigenvalue weighted by atomic mass is 35.5. The Morgan fingerprint density at radius 1 is 1.11 bits per heavy atom. The molecule has 0 bridgehead atoms. The number of aromatic nitrogens is 2. The number of halogens is 1. The molecule has 6 nitrogen and oxygen atoms in total. The molecule has 3 rings (SSSR count). The number of sulfone groups is 1. The molecule has 140 valence electrons. The first-order chi connectivity index (χ1) is 12.9. The van der Waals surface area contributed by atoms with Gasteiger partial charge in [0.15, 0.2) is 15.0 Å². The molecule has 0 aliphatic rings. The van der Waals surface area contributed by atoms with E-state index in [-0.39, 0.29) is 29.4 Å². The number of nitrogens with zero attached hydrogens (tertiary/aromatic N) is 2. The quantitative estimate of drug-likeness (QED) is 0.621. The molecule has 1 amide bonds. The van der Waals surface area contributed by atoms with Crippen LogP contribution in [0.4, 0.5) is 5.13 Å². The zero-order chi connectivity index (χ0) is 19.3. The van der Waals surface area contributed by atoms with Gasteiger partial charge in [-0.15, -0.1) is 11.3 Å². The fourth-order valence-corrected chi connectivity index (χ4v) is 4.48. The lowest BCUT2D eigenvalue weighted by Crippen LogP contribution is -2.14. The predicted molar refractivity (Wildman–Crippen MR) is 107 cm³/mol. The lowest BCUT2D eigenvalue weighted by Gasteiger charge is -2.05. The molecule has 3 aromatic rings. The van der Waals surface area contributed by atoms with E-state index in [9.17, 15) is 13.2 Å². The molecular weight excluding hydrogens is 406 g/mol. The second kappa shape index (κ2) is 8.60. The maximum Gasteiger partial charge on any atom is 0.226 e. The van der Waals surface area contributed by atoms with Crippen LogP contribution < -0.4 is 5.32 Å². The van der Waals surface area contributed by atoms with Crippen molar-refractivity contribution >= 4 is 43.8 Å². The van der Waals surface area contributed by atoms with Gasteiger partial charge in [-0.3, -0.25) is 9.78 Å². The van der Waals surface area contributed by atoms with Gasteiger partial charge in [-0.1, -0.05) is 17.7 Å². The van der Waals surface area contributed by atoms with Gasteiger partial charge in [0.2, 0.25) is 5.91 Å². The van der Waals surface area contributed by atoms with Crippen LogP contribution in [0.1, 0.15) is 12.8 Å². The SMILES string of the molecule is O=C(CCCS(=O)(=O)c1ccc(Cl)cc1)Nc1nc(-c2ccccn2)cs1. The Bertz CT molecular complexity index is 1020. The van der Waals surface area contributed by atoms with Crippen LogP contribution in [0.25, 0.3) is 11.4 Å². The minimum absolute atomic E-state index is 0.0886. The molecule has 0 spiro atoms. The van der Waals surface area contributed by atoms with Crippen LogP contribution in [0, 0.1) is 0 Å². The summed E-state index contributed by atoms with van der Waals surface area (Å²) in [4.78, 5) is 20.8. The van der Waals surface area contributed by atoms with Crippen molar-refractivity contribution in [3.8, 4) is 11.4 Å². The molecule has 0 atom stereocenters. The molecule has 9 heteroatoms. The zero-order valence-corrected chi connectivity index (χ0v) is 16.5. The van der Waals surface area contributed by atoms with E-state index in [1.165, 1.54) is 35.6 Å². The molecular formula is C18H16ClN3O3S2. The van der Waals surface area contributed by atoms with Crippen LogP contribution in [-0.4, -0.2) is 30.0 Å². The Balaban J connectivity index is 1.51. The molecule has 0 unspecified atom stereocenters. The van der Waals surface area contributed by atoms with Gasteiger partial charge >= 0.3 is 0 Å². The average molecular weight is 422 g/mol. The number of anilines is 1. The fraction of sp³-hybridized carbons (Fsp3) is 0.167. The lowest BCUT2D eigenvalue weighted by molar-refractivity contribution is -0.116. The van der Waals surface area contributed by atoms with Crippen LogP contribution >= 0.6 is 22.9 Å². The standard InChI is InChI=1S/C18H16ClN3O3S2/c19-13-6-8-14(9-7-13)27(24,25)11-3-5-17(23)22-18-21-16(12-26-18)15-4-1-2-10-20-15/h1-2,4,6-10,12H,3,5,11H2,(H,21,22,23). The Hall–Kier alpha value is -2.29. The van der Waals surface area contributed by atoms with Crippen LogP contribution in [-0.2, 0) is 14.6 Å². The topological polar surface area (TPSA) is 89.0 Å². The number of carbonyl (C=O) groups excluding carboxylic acids is 1. The van der Waals surface area contributed by atoms with E-state index in [0.29, 0.717) is 15.8 Å². The van der Waals surface area contributed by atoms with E-state index in [2.05, 4.69) is 15.3 Å². The number of hydrogen-bond acceptors (Lipinski definition) is 6. The summed E-state index contributed by atoms with van der Waals surface area (Å²) in [6.45, 7) is 0. The number of nitrogens with one attached hydrogen (secondary N) is 1. The first-order valence-corrected chi connectivity index (χ1v) is 11.0. The number of rotatable bonds is 7.